The summed E-state index contributed by atoms with van der Waals surface area (Å²) in [7, 11) is 0. The average molecular weight is 194 g/mol. The van der Waals surface area contributed by atoms with Crippen molar-refractivity contribution in [1.82, 2.24) is 4.98 Å². The van der Waals surface area contributed by atoms with Crippen molar-refractivity contribution in [3.8, 4) is 0 Å². The van der Waals surface area contributed by atoms with Crippen LogP contribution in [0.3, 0.4) is 0 Å². The van der Waals surface area contributed by atoms with Crippen LogP contribution in [0.5, 0.6) is 0 Å². The number of nitro groups is 1. The van der Waals surface area contributed by atoms with Gasteiger partial charge in [-0.2, -0.15) is 0 Å². The number of rotatable bonds is 3. The summed E-state index contributed by atoms with van der Waals surface area (Å²) in [6.07, 6.45) is 3.78. The van der Waals surface area contributed by atoms with Gasteiger partial charge in [-0.15, -0.1) is 0 Å². The lowest BCUT2D eigenvalue weighted by Gasteiger charge is -1.92. The van der Waals surface area contributed by atoms with Crippen LogP contribution in [0.4, 0.5) is 5.69 Å². The molecule has 1 aromatic rings. The van der Waals surface area contributed by atoms with Crippen LogP contribution in [0.2, 0.25) is 0 Å². The van der Waals surface area contributed by atoms with E-state index in [1.807, 2.05) is 0 Å². The first-order valence-electron chi connectivity index (χ1n) is 3.64. The second-order valence-corrected chi connectivity index (χ2v) is 2.39. The highest BCUT2D eigenvalue weighted by molar-refractivity contribution is 5.73. The van der Waals surface area contributed by atoms with E-state index in [9.17, 15) is 19.7 Å². The molecule has 1 N–H and O–H groups in total. The van der Waals surface area contributed by atoms with Gasteiger partial charge in [0.25, 0.3) is 11.2 Å². The Morgan fingerprint density at radius 1 is 1.50 bits per heavy atom. The first-order chi connectivity index (χ1) is 6.65. The third-order valence-electron chi connectivity index (χ3n) is 1.48. The van der Waals surface area contributed by atoms with E-state index in [0.29, 0.717) is 6.29 Å². The number of carbonyl (C=O) groups is 1. The van der Waals surface area contributed by atoms with Crippen LogP contribution in [0.25, 0.3) is 6.08 Å². The third-order valence-corrected chi connectivity index (χ3v) is 1.48. The Balaban J connectivity index is 3.21. The van der Waals surface area contributed by atoms with Crippen LogP contribution < -0.4 is 5.56 Å². The molecule has 0 aromatic carbocycles. The molecule has 1 heterocycles. The molecule has 14 heavy (non-hydrogen) atoms. The molecule has 72 valence electrons. The molecular formula is C8H6N2O4. The fourth-order valence-corrected chi connectivity index (χ4v) is 0.862. The Labute approximate surface area is 78.0 Å². The SMILES string of the molecule is O=CC=Cc1cc([N+](=O)[O-])c[nH]c1=O. The molecule has 0 unspecified atom stereocenters. The van der Waals surface area contributed by atoms with E-state index in [4.69, 9.17) is 0 Å². The van der Waals surface area contributed by atoms with Gasteiger partial charge in [0.1, 0.15) is 6.29 Å². The van der Waals surface area contributed by atoms with Crippen molar-refractivity contribution in [3.05, 3.63) is 44.4 Å². The predicted molar refractivity (Wildman–Crippen MR) is 48.8 cm³/mol. The van der Waals surface area contributed by atoms with Gasteiger partial charge in [-0.1, -0.05) is 0 Å². The van der Waals surface area contributed by atoms with E-state index in [1.165, 1.54) is 6.08 Å². The van der Waals surface area contributed by atoms with E-state index < -0.39 is 10.5 Å². The highest BCUT2D eigenvalue weighted by atomic mass is 16.6. The molecule has 0 saturated heterocycles. The molecule has 0 atom stereocenters. The fraction of sp³-hybridized carbons (Fsp3) is 0. The van der Waals surface area contributed by atoms with E-state index in [1.54, 1.807) is 0 Å². The lowest BCUT2D eigenvalue weighted by molar-refractivity contribution is -0.385. The summed E-state index contributed by atoms with van der Waals surface area (Å²) in [6, 6.07) is 1.10. The monoisotopic (exact) mass is 194 g/mol. The van der Waals surface area contributed by atoms with Crippen LogP contribution in [0, 0.1) is 10.1 Å². The molecule has 0 fully saturated rings. The van der Waals surface area contributed by atoms with Gasteiger partial charge in [-0.25, -0.2) is 0 Å². The van der Waals surface area contributed by atoms with Crippen LogP contribution >= 0.6 is 0 Å². The van der Waals surface area contributed by atoms with Crippen molar-refractivity contribution in [2.75, 3.05) is 0 Å². The number of pyridine rings is 1. The standard InChI is InChI=1S/C8H6N2O4/c11-3-1-2-6-4-7(10(13)14)5-9-8(6)12/h1-5H,(H,9,12). The number of allylic oxidation sites excluding steroid dienone is 1. The molecule has 6 heteroatoms. The fourth-order valence-electron chi connectivity index (χ4n) is 0.862. The second kappa shape index (κ2) is 4.13. The van der Waals surface area contributed by atoms with Crippen molar-refractivity contribution < 1.29 is 9.72 Å². The zero-order valence-electron chi connectivity index (χ0n) is 6.97. The first kappa shape index (κ1) is 9.85. The maximum atomic E-state index is 11.1. The minimum absolute atomic E-state index is 0.0753. The molecule has 0 amide bonds. The zero-order chi connectivity index (χ0) is 10.6. The Morgan fingerprint density at radius 2 is 2.21 bits per heavy atom. The first-order valence-corrected chi connectivity index (χ1v) is 3.64. The smallest absolute Gasteiger partial charge is 0.286 e. The summed E-state index contributed by atoms with van der Waals surface area (Å²) in [5.41, 5.74) is -0.629. The number of nitrogens with one attached hydrogen (secondary N) is 1. The van der Waals surface area contributed by atoms with Crippen molar-refractivity contribution in [2.24, 2.45) is 0 Å². The second-order valence-electron chi connectivity index (χ2n) is 2.39. The largest absolute Gasteiger partial charge is 0.322 e. The number of aldehydes is 1. The summed E-state index contributed by atoms with van der Waals surface area (Å²) < 4.78 is 0. The molecular weight excluding hydrogens is 188 g/mol. The van der Waals surface area contributed by atoms with E-state index in [-0.39, 0.29) is 11.3 Å². The highest BCUT2D eigenvalue weighted by Gasteiger charge is 2.07. The van der Waals surface area contributed by atoms with Gasteiger partial charge in [-0.05, 0) is 12.2 Å². The average Bonchev–Trinajstić information content (AvgIpc) is 2.16. The quantitative estimate of drug-likeness (QED) is 0.328. The van der Waals surface area contributed by atoms with Crippen molar-refractivity contribution in [1.29, 1.82) is 0 Å². The molecule has 0 aliphatic heterocycles. The number of aromatic amines is 1. The number of H-pyrrole nitrogens is 1. The van der Waals surface area contributed by atoms with Gasteiger partial charge in [0.15, 0.2) is 0 Å². The third kappa shape index (κ3) is 2.13. The van der Waals surface area contributed by atoms with E-state index >= 15 is 0 Å². The molecule has 0 aliphatic carbocycles. The topological polar surface area (TPSA) is 93.1 Å². The molecule has 1 rings (SSSR count). The highest BCUT2D eigenvalue weighted by Crippen LogP contribution is 2.08. The van der Waals surface area contributed by atoms with Crippen molar-refractivity contribution in [2.45, 2.75) is 0 Å². The van der Waals surface area contributed by atoms with E-state index in [2.05, 4.69) is 4.98 Å². The van der Waals surface area contributed by atoms with Crippen molar-refractivity contribution in [3.63, 3.8) is 0 Å². The molecule has 6 nitrogen and oxygen atoms in total. The molecule has 0 saturated carbocycles. The van der Waals surface area contributed by atoms with Gasteiger partial charge in [0.05, 0.1) is 11.1 Å². The molecule has 0 radical (unpaired) electrons. The molecule has 0 spiro atoms. The Hall–Kier alpha value is -2.24. The van der Waals surface area contributed by atoms with Crippen LogP contribution in [-0.4, -0.2) is 16.2 Å². The normalized spacial score (nSPS) is 10.3. The van der Waals surface area contributed by atoms with Crippen LogP contribution in [-0.2, 0) is 4.79 Å². The molecule has 0 bridgehead atoms. The minimum atomic E-state index is -0.631. The summed E-state index contributed by atoms with van der Waals surface area (Å²) >= 11 is 0. The Bertz CT molecular complexity index is 447. The minimum Gasteiger partial charge on any atom is -0.322 e. The lowest BCUT2D eigenvalue weighted by Crippen LogP contribution is -2.09. The Kier molecular flexibility index (Phi) is 2.90. The number of aromatic nitrogens is 1. The number of hydrogen-bond acceptors (Lipinski definition) is 4. The maximum Gasteiger partial charge on any atom is 0.286 e. The zero-order valence-corrected chi connectivity index (χ0v) is 6.97. The number of carbonyl (C=O) groups excluding carboxylic acids is 1. The van der Waals surface area contributed by atoms with Gasteiger partial charge in [0, 0.05) is 11.6 Å². The Morgan fingerprint density at radius 3 is 2.79 bits per heavy atom. The number of hydrogen-bond donors (Lipinski definition) is 1. The van der Waals surface area contributed by atoms with Crippen LogP contribution in [0.15, 0.2) is 23.1 Å². The summed E-state index contributed by atoms with van der Waals surface area (Å²) in [5, 5.41) is 10.3. The van der Waals surface area contributed by atoms with Gasteiger partial charge in [-0.3, -0.25) is 19.7 Å². The van der Waals surface area contributed by atoms with Gasteiger partial charge < -0.3 is 4.98 Å². The lowest BCUT2D eigenvalue weighted by atomic mass is 10.2. The molecule has 1 aromatic heterocycles. The summed E-state index contributed by atoms with van der Waals surface area (Å²) in [5.74, 6) is 0. The van der Waals surface area contributed by atoms with Gasteiger partial charge >= 0.3 is 0 Å². The number of nitrogens with zero attached hydrogens (tertiary/aromatic N) is 1. The van der Waals surface area contributed by atoms with Crippen LogP contribution in [0.1, 0.15) is 5.56 Å². The van der Waals surface area contributed by atoms with Crippen molar-refractivity contribution >= 4 is 18.0 Å². The maximum absolute atomic E-state index is 11.1. The van der Waals surface area contributed by atoms with E-state index in [0.717, 1.165) is 18.3 Å². The predicted octanol–water partition coefficient (Wildman–Crippen LogP) is 0.495. The summed E-state index contributed by atoms with van der Waals surface area (Å²) in [6.45, 7) is 0. The summed E-state index contributed by atoms with van der Waals surface area (Å²) in [4.78, 5) is 32.9. The molecule has 0 aliphatic rings. The van der Waals surface area contributed by atoms with Gasteiger partial charge in [0.2, 0.25) is 0 Å².